The zero-order valence-electron chi connectivity index (χ0n) is 18.0. The van der Waals surface area contributed by atoms with Crippen LogP contribution in [-0.4, -0.2) is 44.7 Å². The number of aryl methyl sites for hydroxylation is 1. The van der Waals surface area contributed by atoms with Gasteiger partial charge in [-0.1, -0.05) is 31.2 Å². The number of benzene rings is 2. The summed E-state index contributed by atoms with van der Waals surface area (Å²) in [6.45, 7) is 7.58. The van der Waals surface area contributed by atoms with Crippen LogP contribution < -0.4 is 14.8 Å². The Bertz CT molecular complexity index is 850. The molecule has 0 radical (unpaired) electrons. The molecule has 2 aromatic carbocycles. The molecule has 1 aliphatic rings. The third-order valence-corrected chi connectivity index (χ3v) is 5.76. The number of hydrogen-bond donors (Lipinski definition) is 1. The van der Waals surface area contributed by atoms with Gasteiger partial charge in [0, 0.05) is 32.6 Å². The molecule has 0 spiro atoms. The second kappa shape index (κ2) is 9.79. The molecular weight excluding hydrogens is 364 g/mol. The summed E-state index contributed by atoms with van der Waals surface area (Å²) in [5.41, 5.74) is 5.08. The number of nitrogens with zero attached hydrogens (tertiary/aromatic N) is 1. The monoisotopic (exact) mass is 396 g/mol. The molecule has 1 atom stereocenters. The number of carbonyl (C=O) groups is 1. The van der Waals surface area contributed by atoms with Gasteiger partial charge in [-0.2, -0.15) is 0 Å². The number of rotatable bonds is 8. The highest BCUT2D eigenvalue weighted by atomic mass is 16.5. The first-order chi connectivity index (χ1) is 14.0. The van der Waals surface area contributed by atoms with Gasteiger partial charge in [0.1, 0.15) is 0 Å². The lowest BCUT2D eigenvalue weighted by Gasteiger charge is -2.29. The van der Waals surface area contributed by atoms with Crippen molar-refractivity contribution in [3.8, 4) is 11.5 Å². The van der Waals surface area contributed by atoms with Crippen LogP contribution in [0.25, 0.3) is 0 Å². The molecule has 5 nitrogen and oxygen atoms in total. The molecule has 1 unspecified atom stereocenters. The maximum absolute atomic E-state index is 12.4. The van der Waals surface area contributed by atoms with Crippen LogP contribution in [0.4, 0.5) is 0 Å². The highest BCUT2D eigenvalue weighted by molar-refractivity contribution is 5.76. The summed E-state index contributed by atoms with van der Waals surface area (Å²) < 4.78 is 10.8. The predicted molar refractivity (Wildman–Crippen MR) is 116 cm³/mol. The molecule has 156 valence electrons. The molecule has 5 heteroatoms. The van der Waals surface area contributed by atoms with E-state index in [1.807, 2.05) is 12.1 Å². The van der Waals surface area contributed by atoms with Gasteiger partial charge in [-0.15, -0.1) is 0 Å². The Labute approximate surface area is 174 Å². The molecule has 29 heavy (non-hydrogen) atoms. The van der Waals surface area contributed by atoms with E-state index < -0.39 is 0 Å². The Morgan fingerprint density at radius 1 is 1.14 bits per heavy atom. The van der Waals surface area contributed by atoms with Gasteiger partial charge in [0.2, 0.25) is 5.91 Å². The Hall–Kier alpha value is -2.53. The number of amides is 1. The lowest BCUT2D eigenvalue weighted by molar-refractivity contribution is -0.121. The molecule has 3 rings (SSSR count). The van der Waals surface area contributed by atoms with Crippen LogP contribution in [0, 0.1) is 6.92 Å². The lowest BCUT2D eigenvalue weighted by Crippen LogP contribution is -2.38. The summed E-state index contributed by atoms with van der Waals surface area (Å²) in [6.07, 6.45) is 1.50. The van der Waals surface area contributed by atoms with E-state index in [0.717, 1.165) is 37.6 Å². The number of nitrogens with one attached hydrogen (secondary N) is 1. The van der Waals surface area contributed by atoms with Gasteiger partial charge < -0.3 is 14.8 Å². The fraction of sp³-hybridized carbons (Fsp3) is 0.458. The zero-order chi connectivity index (χ0) is 20.8. The minimum atomic E-state index is 0.115. The van der Waals surface area contributed by atoms with Crippen LogP contribution in [0.15, 0.2) is 36.4 Å². The average Bonchev–Trinajstić information content (AvgIpc) is 2.72. The Morgan fingerprint density at radius 3 is 2.52 bits per heavy atom. The van der Waals surface area contributed by atoms with Crippen LogP contribution in [-0.2, 0) is 17.8 Å². The molecule has 0 bridgehead atoms. The molecule has 0 saturated carbocycles. The first kappa shape index (κ1) is 21.2. The molecule has 1 N–H and O–H groups in total. The highest BCUT2D eigenvalue weighted by Crippen LogP contribution is 2.33. The maximum atomic E-state index is 12.4. The van der Waals surface area contributed by atoms with E-state index in [1.165, 1.54) is 22.3 Å². The molecule has 0 aliphatic carbocycles. The minimum Gasteiger partial charge on any atom is -0.493 e. The molecule has 0 saturated heterocycles. The second-order valence-corrected chi connectivity index (χ2v) is 7.81. The van der Waals surface area contributed by atoms with Gasteiger partial charge in [-0.25, -0.2) is 0 Å². The van der Waals surface area contributed by atoms with Crippen LogP contribution >= 0.6 is 0 Å². The summed E-state index contributed by atoms with van der Waals surface area (Å²) in [7, 11) is 3.33. The molecule has 1 aliphatic heterocycles. The summed E-state index contributed by atoms with van der Waals surface area (Å²) in [5.74, 6) is 1.89. The van der Waals surface area contributed by atoms with E-state index in [9.17, 15) is 4.79 Å². The summed E-state index contributed by atoms with van der Waals surface area (Å²) in [5, 5.41) is 3.09. The van der Waals surface area contributed by atoms with Crippen molar-refractivity contribution in [2.24, 2.45) is 0 Å². The topological polar surface area (TPSA) is 50.8 Å². The molecule has 1 heterocycles. The van der Waals surface area contributed by atoms with Crippen molar-refractivity contribution in [3.63, 3.8) is 0 Å². The Morgan fingerprint density at radius 2 is 1.83 bits per heavy atom. The quantitative estimate of drug-likeness (QED) is 0.740. The van der Waals surface area contributed by atoms with Crippen molar-refractivity contribution >= 4 is 5.91 Å². The Kier molecular flexibility index (Phi) is 7.15. The van der Waals surface area contributed by atoms with Gasteiger partial charge in [0.25, 0.3) is 0 Å². The molecular formula is C24H32N2O3. The van der Waals surface area contributed by atoms with Gasteiger partial charge >= 0.3 is 0 Å². The second-order valence-electron chi connectivity index (χ2n) is 7.81. The number of ether oxygens (including phenoxy) is 2. The van der Waals surface area contributed by atoms with E-state index in [0.29, 0.717) is 13.0 Å². The van der Waals surface area contributed by atoms with Crippen molar-refractivity contribution in [1.82, 2.24) is 10.2 Å². The van der Waals surface area contributed by atoms with Crippen LogP contribution in [0.3, 0.4) is 0 Å². The zero-order valence-corrected chi connectivity index (χ0v) is 18.0. The normalized spacial score (nSPS) is 14.8. The number of hydrogen-bond acceptors (Lipinski definition) is 4. The first-order valence-electron chi connectivity index (χ1n) is 10.3. The lowest BCUT2D eigenvalue weighted by atomic mass is 9.93. The maximum Gasteiger partial charge on any atom is 0.220 e. The van der Waals surface area contributed by atoms with E-state index in [4.69, 9.17) is 9.47 Å². The molecule has 2 aromatic rings. The van der Waals surface area contributed by atoms with E-state index >= 15 is 0 Å². The van der Waals surface area contributed by atoms with E-state index in [-0.39, 0.29) is 11.8 Å². The average molecular weight is 397 g/mol. The van der Waals surface area contributed by atoms with Gasteiger partial charge in [-0.05, 0) is 53.6 Å². The van der Waals surface area contributed by atoms with Crippen LogP contribution in [0.1, 0.15) is 41.5 Å². The van der Waals surface area contributed by atoms with Gasteiger partial charge in [0.15, 0.2) is 11.5 Å². The highest BCUT2D eigenvalue weighted by Gasteiger charge is 2.19. The minimum absolute atomic E-state index is 0.115. The molecule has 0 fully saturated rings. The van der Waals surface area contributed by atoms with Gasteiger partial charge in [-0.3, -0.25) is 9.69 Å². The van der Waals surface area contributed by atoms with E-state index in [2.05, 4.69) is 48.3 Å². The largest absolute Gasteiger partial charge is 0.493 e. The fourth-order valence-electron chi connectivity index (χ4n) is 4.09. The van der Waals surface area contributed by atoms with Crippen molar-refractivity contribution in [2.45, 2.75) is 39.2 Å². The third-order valence-electron chi connectivity index (χ3n) is 5.76. The number of fused-ring (bicyclic) bond motifs is 1. The molecule has 1 amide bonds. The summed E-state index contributed by atoms with van der Waals surface area (Å²) in [4.78, 5) is 14.7. The van der Waals surface area contributed by atoms with Crippen molar-refractivity contribution in [3.05, 3.63) is 58.7 Å². The van der Waals surface area contributed by atoms with Crippen LogP contribution in [0.5, 0.6) is 11.5 Å². The van der Waals surface area contributed by atoms with Crippen molar-refractivity contribution in [2.75, 3.05) is 33.9 Å². The smallest absolute Gasteiger partial charge is 0.220 e. The van der Waals surface area contributed by atoms with Gasteiger partial charge in [0.05, 0.1) is 14.2 Å². The van der Waals surface area contributed by atoms with Crippen molar-refractivity contribution in [1.29, 1.82) is 0 Å². The molecule has 0 aromatic heterocycles. The number of methoxy groups -OCH3 is 2. The number of carbonyl (C=O) groups excluding carboxylic acids is 1. The standard InChI is InChI=1S/C24H32N2O3/c1-17-7-5-6-8-21(17)18(2)13-24(27)25-10-12-26-11-9-19-14-22(28-3)23(29-4)15-20(19)16-26/h5-8,14-15,18H,9-13,16H2,1-4H3,(H,25,27). The van der Waals surface area contributed by atoms with Crippen LogP contribution in [0.2, 0.25) is 0 Å². The summed E-state index contributed by atoms with van der Waals surface area (Å²) >= 11 is 0. The first-order valence-corrected chi connectivity index (χ1v) is 10.3. The fourth-order valence-corrected chi connectivity index (χ4v) is 4.09. The SMILES string of the molecule is COc1cc2c(cc1OC)CN(CCNC(=O)CC(C)c1ccccc1C)CC2. The predicted octanol–water partition coefficient (Wildman–Crippen LogP) is 3.68. The van der Waals surface area contributed by atoms with E-state index in [1.54, 1.807) is 14.2 Å². The summed E-state index contributed by atoms with van der Waals surface area (Å²) in [6, 6.07) is 12.4. The van der Waals surface area contributed by atoms with Crippen molar-refractivity contribution < 1.29 is 14.3 Å². The Balaban J connectivity index is 1.48. The third kappa shape index (κ3) is 5.30.